The molecule has 0 bridgehead atoms. The Morgan fingerprint density at radius 2 is 2.33 bits per heavy atom. The van der Waals surface area contributed by atoms with Gasteiger partial charge in [-0.3, -0.25) is 9.59 Å². The van der Waals surface area contributed by atoms with Crippen molar-refractivity contribution in [3.05, 3.63) is 30.2 Å². The van der Waals surface area contributed by atoms with Crippen LogP contribution in [0.2, 0.25) is 0 Å². The average molecular weight is 249 g/mol. The third-order valence-corrected chi connectivity index (χ3v) is 3.23. The SMILES string of the molecule is CC1(C(=O)O)CCN(C(=O)C=Cc2ccco2)C1. The number of amides is 1. The molecule has 1 aromatic heterocycles. The maximum Gasteiger partial charge on any atom is 0.311 e. The Morgan fingerprint density at radius 3 is 2.89 bits per heavy atom. The number of rotatable bonds is 3. The first kappa shape index (κ1) is 12.4. The van der Waals surface area contributed by atoms with Crippen LogP contribution >= 0.6 is 0 Å². The van der Waals surface area contributed by atoms with E-state index in [1.807, 2.05) is 0 Å². The Morgan fingerprint density at radius 1 is 1.56 bits per heavy atom. The second kappa shape index (κ2) is 4.68. The first-order valence-corrected chi connectivity index (χ1v) is 5.75. The van der Waals surface area contributed by atoms with Crippen molar-refractivity contribution in [2.24, 2.45) is 5.41 Å². The minimum Gasteiger partial charge on any atom is -0.481 e. The number of carboxylic acid groups (broad SMARTS) is 1. The molecule has 0 saturated carbocycles. The molecular formula is C13H15NO4. The van der Waals surface area contributed by atoms with Gasteiger partial charge in [-0.1, -0.05) is 0 Å². The van der Waals surface area contributed by atoms with Gasteiger partial charge in [-0.2, -0.15) is 0 Å². The summed E-state index contributed by atoms with van der Waals surface area (Å²) in [5.74, 6) is -0.437. The highest BCUT2D eigenvalue weighted by molar-refractivity contribution is 5.92. The van der Waals surface area contributed by atoms with Gasteiger partial charge in [-0.25, -0.2) is 0 Å². The van der Waals surface area contributed by atoms with Gasteiger partial charge in [-0.15, -0.1) is 0 Å². The second-order valence-electron chi connectivity index (χ2n) is 4.72. The van der Waals surface area contributed by atoms with Gasteiger partial charge in [0.25, 0.3) is 0 Å². The van der Waals surface area contributed by atoms with Crippen LogP contribution in [-0.4, -0.2) is 35.0 Å². The molecule has 1 aliphatic rings. The molecule has 0 aliphatic carbocycles. The standard InChI is InChI=1S/C13H15NO4/c1-13(12(16)17)6-7-14(9-13)11(15)5-4-10-3-2-8-18-10/h2-5,8H,6-7,9H2,1H3,(H,16,17). The van der Waals surface area contributed by atoms with Crippen molar-refractivity contribution in [3.63, 3.8) is 0 Å². The molecule has 2 heterocycles. The summed E-state index contributed by atoms with van der Waals surface area (Å²) in [5, 5.41) is 9.08. The molecule has 0 spiro atoms. The molecule has 1 fully saturated rings. The number of carboxylic acids is 1. The zero-order valence-electron chi connectivity index (χ0n) is 10.1. The zero-order chi connectivity index (χ0) is 13.2. The van der Waals surface area contributed by atoms with Gasteiger partial charge < -0.3 is 14.4 Å². The van der Waals surface area contributed by atoms with Crippen molar-refractivity contribution >= 4 is 18.0 Å². The molecule has 1 N–H and O–H groups in total. The van der Waals surface area contributed by atoms with Gasteiger partial charge in [0.1, 0.15) is 5.76 Å². The quantitative estimate of drug-likeness (QED) is 0.826. The van der Waals surface area contributed by atoms with E-state index in [0.29, 0.717) is 18.7 Å². The lowest BCUT2D eigenvalue weighted by molar-refractivity contribution is -0.147. The largest absolute Gasteiger partial charge is 0.481 e. The fourth-order valence-corrected chi connectivity index (χ4v) is 1.97. The topological polar surface area (TPSA) is 70.8 Å². The van der Waals surface area contributed by atoms with Gasteiger partial charge in [0.05, 0.1) is 11.7 Å². The van der Waals surface area contributed by atoms with E-state index < -0.39 is 11.4 Å². The van der Waals surface area contributed by atoms with Crippen molar-refractivity contribution in [2.45, 2.75) is 13.3 Å². The third-order valence-electron chi connectivity index (χ3n) is 3.23. The molecule has 96 valence electrons. The van der Waals surface area contributed by atoms with E-state index in [1.54, 1.807) is 30.0 Å². The maximum absolute atomic E-state index is 11.9. The van der Waals surface area contributed by atoms with E-state index in [9.17, 15) is 9.59 Å². The van der Waals surface area contributed by atoms with Gasteiger partial charge in [0.2, 0.25) is 5.91 Å². The molecule has 2 rings (SSSR count). The minimum absolute atomic E-state index is 0.184. The smallest absolute Gasteiger partial charge is 0.311 e. The molecule has 5 nitrogen and oxygen atoms in total. The predicted octanol–water partition coefficient (Wildman–Crippen LogP) is 1.62. The normalized spacial score (nSPS) is 23.7. The number of hydrogen-bond donors (Lipinski definition) is 1. The van der Waals surface area contributed by atoms with Crippen LogP contribution < -0.4 is 0 Å². The van der Waals surface area contributed by atoms with Gasteiger partial charge >= 0.3 is 5.97 Å². The summed E-state index contributed by atoms with van der Waals surface area (Å²) in [6.07, 6.45) is 5.01. The van der Waals surface area contributed by atoms with Crippen molar-refractivity contribution in [1.82, 2.24) is 4.90 Å². The number of furan rings is 1. The molecule has 1 atom stereocenters. The summed E-state index contributed by atoms with van der Waals surface area (Å²) < 4.78 is 5.07. The number of aliphatic carboxylic acids is 1. The van der Waals surface area contributed by atoms with Crippen LogP contribution in [0, 0.1) is 5.41 Å². The Labute approximate surface area is 105 Å². The summed E-state index contributed by atoms with van der Waals surface area (Å²) in [5.41, 5.74) is -0.825. The Bertz CT molecular complexity index is 477. The lowest BCUT2D eigenvalue weighted by Crippen LogP contribution is -2.34. The first-order valence-electron chi connectivity index (χ1n) is 5.75. The molecule has 0 aromatic carbocycles. The molecule has 1 saturated heterocycles. The fraction of sp³-hybridized carbons (Fsp3) is 0.385. The van der Waals surface area contributed by atoms with Gasteiger partial charge in [0.15, 0.2) is 0 Å². The Hall–Kier alpha value is -2.04. The number of carbonyl (C=O) groups is 2. The second-order valence-corrected chi connectivity index (χ2v) is 4.72. The number of hydrogen-bond acceptors (Lipinski definition) is 3. The van der Waals surface area contributed by atoms with E-state index in [-0.39, 0.29) is 12.5 Å². The van der Waals surface area contributed by atoms with Crippen LogP contribution in [0.25, 0.3) is 6.08 Å². The summed E-state index contributed by atoms with van der Waals surface area (Å²) >= 11 is 0. The van der Waals surface area contributed by atoms with E-state index in [1.165, 1.54) is 12.3 Å². The van der Waals surface area contributed by atoms with Gasteiger partial charge in [-0.05, 0) is 31.6 Å². The lowest BCUT2D eigenvalue weighted by atomic mass is 9.90. The van der Waals surface area contributed by atoms with Crippen LogP contribution in [-0.2, 0) is 9.59 Å². The summed E-state index contributed by atoms with van der Waals surface area (Å²) in [4.78, 5) is 24.5. The molecule has 5 heteroatoms. The van der Waals surface area contributed by atoms with Crippen molar-refractivity contribution < 1.29 is 19.1 Å². The van der Waals surface area contributed by atoms with Crippen LogP contribution in [0.4, 0.5) is 0 Å². The molecule has 1 unspecified atom stereocenters. The Balaban J connectivity index is 1.98. The van der Waals surface area contributed by atoms with E-state index in [2.05, 4.69) is 0 Å². The fourth-order valence-electron chi connectivity index (χ4n) is 1.97. The number of carbonyl (C=O) groups excluding carboxylic acids is 1. The van der Waals surface area contributed by atoms with Crippen LogP contribution in [0.3, 0.4) is 0 Å². The number of likely N-dealkylation sites (tertiary alicyclic amines) is 1. The average Bonchev–Trinajstić information content (AvgIpc) is 2.95. The first-order chi connectivity index (χ1) is 8.51. The molecular weight excluding hydrogens is 234 g/mol. The third kappa shape index (κ3) is 2.45. The van der Waals surface area contributed by atoms with Crippen molar-refractivity contribution in [2.75, 3.05) is 13.1 Å². The van der Waals surface area contributed by atoms with Crippen molar-refractivity contribution in [3.8, 4) is 0 Å². The Kier molecular flexibility index (Phi) is 3.23. The maximum atomic E-state index is 11.9. The predicted molar refractivity (Wildman–Crippen MR) is 64.7 cm³/mol. The van der Waals surface area contributed by atoms with Crippen molar-refractivity contribution in [1.29, 1.82) is 0 Å². The van der Waals surface area contributed by atoms with E-state index >= 15 is 0 Å². The number of nitrogens with zero attached hydrogens (tertiary/aromatic N) is 1. The molecule has 1 aliphatic heterocycles. The summed E-state index contributed by atoms with van der Waals surface area (Å²) in [6.45, 7) is 2.40. The van der Waals surface area contributed by atoms with E-state index in [0.717, 1.165) is 0 Å². The van der Waals surface area contributed by atoms with Crippen LogP contribution in [0.5, 0.6) is 0 Å². The monoisotopic (exact) mass is 249 g/mol. The minimum atomic E-state index is -0.854. The lowest BCUT2D eigenvalue weighted by Gasteiger charge is -2.18. The highest BCUT2D eigenvalue weighted by Crippen LogP contribution is 2.30. The summed E-state index contributed by atoms with van der Waals surface area (Å²) in [7, 11) is 0. The highest BCUT2D eigenvalue weighted by atomic mass is 16.4. The molecule has 18 heavy (non-hydrogen) atoms. The van der Waals surface area contributed by atoms with Crippen LogP contribution in [0.15, 0.2) is 28.9 Å². The zero-order valence-corrected chi connectivity index (χ0v) is 10.1. The summed E-state index contributed by atoms with van der Waals surface area (Å²) in [6, 6.07) is 3.48. The molecule has 1 amide bonds. The van der Waals surface area contributed by atoms with E-state index in [4.69, 9.17) is 9.52 Å². The van der Waals surface area contributed by atoms with Gasteiger partial charge in [0, 0.05) is 19.2 Å². The molecule has 1 aromatic rings. The highest BCUT2D eigenvalue weighted by Gasteiger charge is 2.41. The molecule has 0 radical (unpaired) electrons. The van der Waals surface area contributed by atoms with Crippen LogP contribution in [0.1, 0.15) is 19.1 Å².